The smallest absolute Gasteiger partial charge is 0.137 e. The van der Waals surface area contributed by atoms with E-state index in [-0.39, 0.29) is 11.9 Å². The zero-order valence-electron chi connectivity index (χ0n) is 9.29. The first kappa shape index (κ1) is 12.1. The molecular formula is C13H16BrFO. The highest BCUT2D eigenvalue weighted by molar-refractivity contribution is 9.10. The Kier molecular flexibility index (Phi) is 3.65. The van der Waals surface area contributed by atoms with Crippen molar-refractivity contribution in [3.63, 3.8) is 0 Å². The molecule has 1 N–H and O–H groups in total. The van der Waals surface area contributed by atoms with E-state index in [1.54, 1.807) is 6.07 Å². The molecule has 0 spiro atoms. The highest BCUT2D eigenvalue weighted by Gasteiger charge is 2.31. The van der Waals surface area contributed by atoms with Crippen LogP contribution in [0.3, 0.4) is 0 Å². The average molecular weight is 287 g/mol. The van der Waals surface area contributed by atoms with Crippen molar-refractivity contribution < 1.29 is 9.50 Å². The lowest BCUT2D eigenvalue weighted by molar-refractivity contribution is 0.127. The van der Waals surface area contributed by atoms with Crippen LogP contribution in [0.25, 0.3) is 0 Å². The van der Waals surface area contributed by atoms with Crippen molar-refractivity contribution in [2.45, 2.75) is 32.3 Å². The van der Waals surface area contributed by atoms with E-state index < -0.39 is 0 Å². The minimum absolute atomic E-state index is 0.183. The number of benzene rings is 1. The third-order valence-corrected chi connectivity index (χ3v) is 4.59. The first-order valence-electron chi connectivity index (χ1n) is 5.70. The summed E-state index contributed by atoms with van der Waals surface area (Å²) >= 11 is 3.29. The molecule has 3 atom stereocenters. The average Bonchev–Trinajstić information content (AvgIpc) is 2.57. The summed E-state index contributed by atoms with van der Waals surface area (Å²) in [6, 6.07) is 5.15. The summed E-state index contributed by atoms with van der Waals surface area (Å²) in [7, 11) is 0. The van der Waals surface area contributed by atoms with Crippen LogP contribution in [0.1, 0.15) is 25.3 Å². The van der Waals surface area contributed by atoms with Gasteiger partial charge in [0.15, 0.2) is 0 Å². The maximum absolute atomic E-state index is 13.3. The Bertz CT molecular complexity index is 380. The van der Waals surface area contributed by atoms with E-state index in [0.717, 1.165) is 24.8 Å². The molecule has 88 valence electrons. The topological polar surface area (TPSA) is 20.2 Å². The van der Waals surface area contributed by atoms with Gasteiger partial charge in [0.1, 0.15) is 5.82 Å². The van der Waals surface area contributed by atoms with Gasteiger partial charge in [-0.15, -0.1) is 0 Å². The molecule has 3 heteroatoms. The molecule has 0 amide bonds. The van der Waals surface area contributed by atoms with Gasteiger partial charge in [-0.05, 0) is 58.7 Å². The molecular weight excluding hydrogens is 271 g/mol. The van der Waals surface area contributed by atoms with Crippen LogP contribution in [0.2, 0.25) is 0 Å². The van der Waals surface area contributed by atoms with Crippen LogP contribution in [0, 0.1) is 17.7 Å². The van der Waals surface area contributed by atoms with E-state index in [1.165, 1.54) is 6.07 Å². The van der Waals surface area contributed by atoms with Gasteiger partial charge in [-0.2, -0.15) is 0 Å². The Morgan fingerprint density at radius 3 is 2.81 bits per heavy atom. The zero-order chi connectivity index (χ0) is 11.7. The third-order valence-electron chi connectivity index (χ3n) is 3.70. The molecule has 1 aliphatic rings. The molecule has 16 heavy (non-hydrogen) atoms. The van der Waals surface area contributed by atoms with Crippen molar-refractivity contribution in [2.24, 2.45) is 11.8 Å². The molecule has 0 saturated heterocycles. The summed E-state index contributed by atoms with van der Waals surface area (Å²) in [6.07, 6.45) is 2.57. The third kappa shape index (κ3) is 2.30. The zero-order valence-corrected chi connectivity index (χ0v) is 10.9. The largest absolute Gasteiger partial charge is 0.393 e. The Balaban J connectivity index is 2.12. The number of halogens is 2. The first-order chi connectivity index (χ1) is 7.59. The van der Waals surface area contributed by atoms with Crippen molar-refractivity contribution in [1.29, 1.82) is 0 Å². The van der Waals surface area contributed by atoms with Crippen molar-refractivity contribution in [2.75, 3.05) is 0 Å². The number of hydrogen-bond donors (Lipinski definition) is 1. The lowest BCUT2D eigenvalue weighted by atomic mass is 9.90. The molecule has 1 aliphatic carbocycles. The fraction of sp³-hybridized carbons (Fsp3) is 0.538. The Morgan fingerprint density at radius 1 is 1.44 bits per heavy atom. The van der Waals surface area contributed by atoms with Crippen molar-refractivity contribution in [3.8, 4) is 0 Å². The van der Waals surface area contributed by atoms with Crippen LogP contribution in [0.4, 0.5) is 4.39 Å². The maximum Gasteiger partial charge on any atom is 0.137 e. The molecule has 1 aromatic rings. The second-order valence-corrected chi connectivity index (χ2v) is 5.47. The standard InChI is InChI=1S/C13H16BrFO/c1-8-9(5-6-12(8)16)7-10-3-2-4-11(15)13(10)14/h2-4,8-9,12,16H,5-7H2,1H3. The molecule has 1 nitrogen and oxygen atoms in total. The predicted molar refractivity (Wildman–Crippen MR) is 65.7 cm³/mol. The van der Waals surface area contributed by atoms with Gasteiger partial charge in [-0.25, -0.2) is 4.39 Å². The molecule has 3 unspecified atom stereocenters. The van der Waals surface area contributed by atoms with E-state index in [0.29, 0.717) is 16.3 Å². The van der Waals surface area contributed by atoms with Gasteiger partial charge in [-0.1, -0.05) is 19.1 Å². The highest BCUT2D eigenvalue weighted by atomic mass is 79.9. The van der Waals surface area contributed by atoms with Gasteiger partial charge in [0.05, 0.1) is 10.6 Å². The summed E-state index contributed by atoms with van der Waals surface area (Å²) in [5.74, 6) is 0.576. The Morgan fingerprint density at radius 2 is 2.19 bits per heavy atom. The molecule has 0 aromatic heterocycles. The molecule has 0 bridgehead atoms. The summed E-state index contributed by atoms with van der Waals surface area (Å²) in [5.41, 5.74) is 1.01. The molecule has 1 saturated carbocycles. The van der Waals surface area contributed by atoms with Gasteiger partial charge in [0, 0.05) is 0 Å². The second kappa shape index (κ2) is 4.84. The first-order valence-corrected chi connectivity index (χ1v) is 6.50. The second-order valence-electron chi connectivity index (χ2n) is 4.68. The highest BCUT2D eigenvalue weighted by Crippen LogP contribution is 2.35. The van der Waals surface area contributed by atoms with Gasteiger partial charge in [-0.3, -0.25) is 0 Å². The molecule has 0 aliphatic heterocycles. The Labute approximate surface area is 104 Å². The van der Waals surface area contributed by atoms with Crippen molar-refractivity contribution >= 4 is 15.9 Å². The van der Waals surface area contributed by atoms with Gasteiger partial charge < -0.3 is 5.11 Å². The number of aliphatic hydroxyl groups is 1. The molecule has 0 radical (unpaired) electrons. The molecule has 1 aromatic carbocycles. The summed E-state index contributed by atoms with van der Waals surface area (Å²) in [5, 5.41) is 9.68. The number of aliphatic hydroxyl groups excluding tert-OH is 1. The number of rotatable bonds is 2. The van der Waals surface area contributed by atoms with Crippen LogP contribution in [-0.2, 0) is 6.42 Å². The lowest BCUT2D eigenvalue weighted by Crippen LogP contribution is -2.17. The van der Waals surface area contributed by atoms with E-state index in [4.69, 9.17) is 0 Å². The van der Waals surface area contributed by atoms with Gasteiger partial charge >= 0.3 is 0 Å². The quantitative estimate of drug-likeness (QED) is 0.882. The van der Waals surface area contributed by atoms with Crippen LogP contribution < -0.4 is 0 Å². The van der Waals surface area contributed by atoms with Crippen LogP contribution in [0.15, 0.2) is 22.7 Å². The maximum atomic E-state index is 13.3. The Hall–Kier alpha value is -0.410. The van der Waals surface area contributed by atoms with Gasteiger partial charge in [0.25, 0.3) is 0 Å². The summed E-state index contributed by atoms with van der Waals surface area (Å²) in [4.78, 5) is 0. The molecule has 2 rings (SSSR count). The van der Waals surface area contributed by atoms with E-state index in [2.05, 4.69) is 22.9 Å². The van der Waals surface area contributed by atoms with E-state index in [1.807, 2.05) is 6.07 Å². The predicted octanol–water partition coefficient (Wildman–Crippen LogP) is 3.54. The molecule has 1 fully saturated rings. The minimum atomic E-state index is -0.205. The SMILES string of the molecule is CC1C(O)CCC1Cc1cccc(F)c1Br. The summed E-state index contributed by atoms with van der Waals surface area (Å²) in [6.45, 7) is 2.08. The monoisotopic (exact) mass is 286 g/mol. The summed E-state index contributed by atoms with van der Waals surface area (Å²) < 4.78 is 13.9. The van der Waals surface area contributed by atoms with E-state index >= 15 is 0 Å². The normalized spacial score (nSPS) is 29.6. The van der Waals surface area contributed by atoms with Crippen LogP contribution >= 0.6 is 15.9 Å². The van der Waals surface area contributed by atoms with E-state index in [9.17, 15) is 9.50 Å². The van der Waals surface area contributed by atoms with Crippen LogP contribution in [0.5, 0.6) is 0 Å². The van der Waals surface area contributed by atoms with Crippen molar-refractivity contribution in [3.05, 3.63) is 34.1 Å². The minimum Gasteiger partial charge on any atom is -0.393 e. The number of hydrogen-bond acceptors (Lipinski definition) is 1. The van der Waals surface area contributed by atoms with Gasteiger partial charge in [0.2, 0.25) is 0 Å². The fourth-order valence-corrected chi connectivity index (χ4v) is 2.93. The fourth-order valence-electron chi connectivity index (χ4n) is 2.50. The lowest BCUT2D eigenvalue weighted by Gasteiger charge is -2.18. The van der Waals surface area contributed by atoms with Crippen molar-refractivity contribution in [1.82, 2.24) is 0 Å². The molecule has 0 heterocycles. The van der Waals surface area contributed by atoms with Crippen LogP contribution in [-0.4, -0.2) is 11.2 Å².